The van der Waals surface area contributed by atoms with Gasteiger partial charge < -0.3 is 9.47 Å². The van der Waals surface area contributed by atoms with E-state index in [-0.39, 0.29) is 0 Å². The largest absolute Gasteiger partial charge is 0.379 e. The average molecular weight is 143 g/mol. The maximum absolute atomic E-state index is 5.25. The molecule has 1 aliphatic rings. The molecule has 2 unspecified atom stereocenters. The molecule has 0 saturated heterocycles. The van der Waals surface area contributed by atoms with Gasteiger partial charge in [0, 0.05) is 14.2 Å². The van der Waals surface area contributed by atoms with Crippen LogP contribution in [0.5, 0.6) is 0 Å². The highest BCUT2D eigenvalue weighted by Gasteiger charge is 2.24. The van der Waals surface area contributed by atoms with Gasteiger partial charge in [-0.2, -0.15) is 0 Å². The van der Waals surface area contributed by atoms with Crippen molar-refractivity contribution in [3.05, 3.63) is 6.42 Å². The molecule has 1 rings (SSSR count). The van der Waals surface area contributed by atoms with E-state index in [1.54, 1.807) is 14.2 Å². The molecule has 2 atom stereocenters. The smallest absolute Gasteiger partial charge is 0.0835 e. The molecule has 1 aliphatic carbocycles. The van der Waals surface area contributed by atoms with Crippen LogP contribution in [0.15, 0.2) is 0 Å². The molecule has 2 heteroatoms. The Balaban J connectivity index is 2.34. The standard InChI is InChI=1S/C8H15O2/c1-9-7-5-3-4-6-8(7)10-2/h3,7-8H,4-6H2,1-2H3. The van der Waals surface area contributed by atoms with Crippen LogP contribution in [0.3, 0.4) is 0 Å². The Bertz CT molecular complexity index is 81.3. The lowest BCUT2D eigenvalue weighted by Crippen LogP contribution is -2.33. The first-order valence-corrected chi connectivity index (χ1v) is 3.75. The van der Waals surface area contributed by atoms with Crippen molar-refractivity contribution in [2.45, 2.75) is 31.5 Å². The first kappa shape index (κ1) is 8.02. The lowest BCUT2D eigenvalue weighted by molar-refractivity contribution is -0.0486. The zero-order valence-electron chi connectivity index (χ0n) is 6.67. The summed E-state index contributed by atoms with van der Waals surface area (Å²) < 4.78 is 10.5. The molecule has 0 aromatic carbocycles. The third kappa shape index (κ3) is 1.70. The molecule has 0 spiro atoms. The van der Waals surface area contributed by atoms with E-state index in [1.807, 2.05) is 0 Å². The third-order valence-electron chi connectivity index (χ3n) is 2.07. The Morgan fingerprint density at radius 2 is 1.90 bits per heavy atom. The fourth-order valence-corrected chi connectivity index (χ4v) is 1.42. The third-order valence-corrected chi connectivity index (χ3v) is 2.07. The Morgan fingerprint density at radius 3 is 2.40 bits per heavy atom. The second-order valence-corrected chi connectivity index (χ2v) is 2.65. The summed E-state index contributed by atoms with van der Waals surface area (Å²) in [5, 5.41) is 0. The molecular weight excluding hydrogens is 128 g/mol. The van der Waals surface area contributed by atoms with Crippen LogP contribution in [-0.4, -0.2) is 26.4 Å². The van der Waals surface area contributed by atoms with Crippen LogP contribution in [0.2, 0.25) is 0 Å². The summed E-state index contributed by atoms with van der Waals surface area (Å²) in [5.41, 5.74) is 0. The van der Waals surface area contributed by atoms with Gasteiger partial charge >= 0.3 is 0 Å². The summed E-state index contributed by atoms with van der Waals surface area (Å²) in [7, 11) is 3.50. The summed E-state index contributed by atoms with van der Waals surface area (Å²) in [6.07, 6.45) is 6.18. The first-order chi connectivity index (χ1) is 4.88. The van der Waals surface area contributed by atoms with Crippen molar-refractivity contribution in [3.63, 3.8) is 0 Å². The molecule has 0 aromatic heterocycles. The van der Waals surface area contributed by atoms with Crippen molar-refractivity contribution in [3.8, 4) is 0 Å². The molecular formula is C8H15O2. The van der Waals surface area contributed by atoms with E-state index in [1.165, 1.54) is 6.42 Å². The quantitative estimate of drug-likeness (QED) is 0.581. The van der Waals surface area contributed by atoms with Crippen LogP contribution >= 0.6 is 0 Å². The fraction of sp³-hybridized carbons (Fsp3) is 0.875. The zero-order valence-corrected chi connectivity index (χ0v) is 6.67. The molecule has 0 amide bonds. The lowest BCUT2D eigenvalue weighted by Gasteiger charge is -2.28. The van der Waals surface area contributed by atoms with Crippen LogP contribution < -0.4 is 0 Å². The molecule has 0 bridgehead atoms. The fourth-order valence-electron chi connectivity index (χ4n) is 1.42. The maximum atomic E-state index is 5.25. The Hall–Kier alpha value is -0.0800. The van der Waals surface area contributed by atoms with Gasteiger partial charge in [0.15, 0.2) is 0 Å². The van der Waals surface area contributed by atoms with Crippen LogP contribution in [0.4, 0.5) is 0 Å². The molecule has 0 aliphatic heterocycles. The minimum atomic E-state index is 0.291. The summed E-state index contributed by atoms with van der Waals surface area (Å²) in [6.45, 7) is 0. The van der Waals surface area contributed by atoms with Gasteiger partial charge in [-0.25, -0.2) is 0 Å². The van der Waals surface area contributed by atoms with E-state index in [0.717, 1.165) is 12.8 Å². The van der Waals surface area contributed by atoms with Gasteiger partial charge in [0.2, 0.25) is 0 Å². The average Bonchev–Trinajstić information content (AvgIpc) is 2.04. The summed E-state index contributed by atoms with van der Waals surface area (Å²) >= 11 is 0. The highest BCUT2D eigenvalue weighted by atomic mass is 16.5. The topological polar surface area (TPSA) is 18.5 Å². The number of methoxy groups -OCH3 is 2. The van der Waals surface area contributed by atoms with Crippen molar-refractivity contribution in [2.75, 3.05) is 14.2 Å². The predicted octanol–water partition coefficient (Wildman–Crippen LogP) is 1.40. The van der Waals surface area contributed by atoms with Crippen molar-refractivity contribution >= 4 is 0 Å². The lowest BCUT2D eigenvalue weighted by atomic mass is 9.95. The van der Waals surface area contributed by atoms with E-state index in [4.69, 9.17) is 9.47 Å². The van der Waals surface area contributed by atoms with E-state index in [2.05, 4.69) is 6.42 Å². The van der Waals surface area contributed by atoms with E-state index in [0.29, 0.717) is 12.2 Å². The number of rotatable bonds is 2. The van der Waals surface area contributed by atoms with E-state index >= 15 is 0 Å². The Morgan fingerprint density at radius 1 is 1.20 bits per heavy atom. The van der Waals surface area contributed by atoms with Gasteiger partial charge in [0.05, 0.1) is 12.2 Å². The number of ether oxygens (including phenoxy) is 2. The van der Waals surface area contributed by atoms with Gasteiger partial charge in [-0.1, -0.05) is 0 Å². The second-order valence-electron chi connectivity index (χ2n) is 2.65. The van der Waals surface area contributed by atoms with Gasteiger partial charge in [-0.15, -0.1) is 0 Å². The second kappa shape index (κ2) is 3.94. The minimum absolute atomic E-state index is 0.291. The van der Waals surface area contributed by atoms with Gasteiger partial charge in [0.25, 0.3) is 0 Å². The van der Waals surface area contributed by atoms with Crippen LogP contribution in [-0.2, 0) is 9.47 Å². The first-order valence-electron chi connectivity index (χ1n) is 3.75. The van der Waals surface area contributed by atoms with E-state index < -0.39 is 0 Å². The maximum Gasteiger partial charge on any atom is 0.0835 e. The van der Waals surface area contributed by atoms with Crippen molar-refractivity contribution in [2.24, 2.45) is 0 Å². The summed E-state index contributed by atoms with van der Waals surface area (Å²) in [6, 6.07) is 0. The minimum Gasteiger partial charge on any atom is -0.379 e. The predicted molar refractivity (Wildman–Crippen MR) is 39.7 cm³/mol. The molecule has 0 heterocycles. The van der Waals surface area contributed by atoms with Crippen LogP contribution in [0.25, 0.3) is 0 Å². The molecule has 10 heavy (non-hydrogen) atoms. The summed E-state index contributed by atoms with van der Waals surface area (Å²) in [4.78, 5) is 0. The molecule has 1 radical (unpaired) electrons. The van der Waals surface area contributed by atoms with E-state index in [9.17, 15) is 0 Å². The summed E-state index contributed by atoms with van der Waals surface area (Å²) in [5.74, 6) is 0. The molecule has 0 N–H and O–H groups in total. The monoisotopic (exact) mass is 143 g/mol. The zero-order chi connectivity index (χ0) is 7.40. The highest BCUT2D eigenvalue weighted by Crippen LogP contribution is 2.21. The Kier molecular flexibility index (Phi) is 3.16. The van der Waals surface area contributed by atoms with Gasteiger partial charge in [-0.3, -0.25) is 0 Å². The van der Waals surface area contributed by atoms with Crippen molar-refractivity contribution < 1.29 is 9.47 Å². The highest BCUT2D eigenvalue weighted by molar-refractivity contribution is 4.85. The Labute approximate surface area is 62.5 Å². The van der Waals surface area contributed by atoms with Gasteiger partial charge in [-0.05, 0) is 25.7 Å². The molecule has 2 nitrogen and oxygen atoms in total. The molecule has 0 aromatic rings. The van der Waals surface area contributed by atoms with Crippen LogP contribution in [0, 0.1) is 6.42 Å². The van der Waals surface area contributed by atoms with Crippen molar-refractivity contribution in [1.29, 1.82) is 0 Å². The van der Waals surface area contributed by atoms with Crippen molar-refractivity contribution in [1.82, 2.24) is 0 Å². The molecule has 59 valence electrons. The molecule has 1 saturated carbocycles. The normalized spacial score (nSPS) is 34.2. The number of hydrogen-bond acceptors (Lipinski definition) is 2. The van der Waals surface area contributed by atoms with Gasteiger partial charge in [0.1, 0.15) is 0 Å². The van der Waals surface area contributed by atoms with Crippen LogP contribution in [0.1, 0.15) is 19.3 Å². The molecule has 1 fully saturated rings. The number of hydrogen-bond donors (Lipinski definition) is 0. The SMILES string of the molecule is COC1C[CH]CCC1OC.